The highest BCUT2D eigenvalue weighted by Crippen LogP contribution is 2.56. The van der Waals surface area contributed by atoms with Gasteiger partial charge in [-0.2, -0.15) is 0 Å². The van der Waals surface area contributed by atoms with Crippen LogP contribution in [0.25, 0.3) is 11.4 Å². The van der Waals surface area contributed by atoms with Crippen molar-refractivity contribution in [2.75, 3.05) is 12.4 Å². The summed E-state index contributed by atoms with van der Waals surface area (Å²) in [5.41, 5.74) is 3.55. The van der Waals surface area contributed by atoms with Gasteiger partial charge in [0.1, 0.15) is 11.4 Å². The number of aryl methyl sites for hydroxylation is 1. The molecule has 6 rings (SSSR count). The Morgan fingerprint density at radius 3 is 2.63 bits per heavy atom. The first kappa shape index (κ1) is 27.5. The third kappa shape index (κ3) is 5.48. The number of carbonyl (C=O) groups is 1. The Morgan fingerprint density at radius 1 is 1.15 bits per heavy atom. The summed E-state index contributed by atoms with van der Waals surface area (Å²) in [6, 6.07) is 13.2. The number of hydrogen-bond donors (Lipinski definition) is 1. The second kappa shape index (κ2) is 10.9. The van der Waals surface area contributed by atoms with Crippen LogP contribution in [0, 0.1) is 5.82 Å². The summed E-state index contributed by atoms with van der Waals surface area (Å²) in [4.78, 5) is 39.4. The molecule has 1 fully saturated rings. The number of benzene rings is 1. The summed E-state index contributed by atoms with van der Waals surface area (Å²) in [5, 5.41) is 3.08. The smallest absolute Gasteiger partial charge is 0.293 e. The molecule has 2 aliphatic carbocycles. The van der Waals surface area contributed by atoms with Crippen LogP contribution in [0.15, 0.2) is 53.5 Å². The number of nitrogens with zero attached hydrogens (tertiary/aromatic N) is 4. The standard InChI is InChI=1S/C32H34FN5O2S/c1-18(2)37(3)16-19-5-9-22(10-6-19)35-31-32(40)38(4)17-26(36-31)29-25(33)12-11-23(34-29)14-27(39)28-15-24-20-7-8-21(13-20)30(24)41-28/h5-6,9-12,15,17-18,20-21H,7-8,13-14,16H2,1-4H3,(H,35,36). The van der Waals surface area contributed by atoms with Crippen LogP contribution >= 0.6 is 11.3 Å². The van der Waals surface area contributed by atoms with Gasteiger partial charge in [0.25, 0.3) is 5.56 Å². The van der Waals surface area contributed by atoms with E-state index in [1.165, 1.54) is 46.5 Å². The Bertz CT molecular complexity index is 1650. The third-order valence-electron chi connectivity index (χ3n) is 8.40. The number of pyridine rings is 1. The Hall–Kier alpha value is -3.69. The molecule has 4 aromatic rings. The van der Waals surface area contributed by atoms with E-state index in [-0.39, 0.29) is 35.0 Å². The Balaban J connectivity index is 1.22. The molecule has 0 amide bonds. The van der Waals surface area contributed by atoms with Gasteiger partial charge >= 0.3 is 0 Å². The van der Waals surface area contributed by atoms with Gasteiger partial charge in [-0.3, -0.25) is 14.5 Å². The highest BCUT2D eigenvalue weighted by atomic mass is 32.1. The largest absolute Gasteiger partial charge is 0.336 e. The van der Waals surface area contributed by atoms with Crippen LogP contribution in [0.1, 0.15) is 76.3 Å². The van der Waals surface area contributed by atoms with Crippen molar-refractivity contribution >= 4 is 28.6 Å². The minimum absolute atomic E-state index is 0.00679. The van der Waals surface area contributed by atoms with Gasteiger partial charge in [0.2, 0.25) is 0 Å². The maximum atomic E-state index is 15.0. The van der Waals surface area contributed by atoms with E-state index in [1.54, 1.807) is 24.5 Å². The molecule has 2 bridgehead atoms. The number of hydrogen-bond acceptors (Lipinski definition) is 7. The molecule has 0 aliphatic heterocycles. The summed E-state index contributed by atoms with van der Waals surface area (Å²) in [6.45, 7) is 5.10. The van der Waals surface area contributed by atoms with E-state index >= 15 is 4.39 Å². The van der Waals surface area contributed by atoms with Gasteiger partial charge in [0.05, 0.1) is 11.3 Å². The zero-order valence-corrected chi connectivity index (χ0v) is 24.6. The third-order valence-corrected chi connectivity index (χ3v) is 9.75. The maximum Gasteiger partial charge on any atom is 0.293 e. The first-order valence-corrected chi connectivity index (χ1v) is 14.9. The van der Waals surface area contributed by atoms with Crippen molar-refractivity contribution in [1.82, 2.24) is 19.4 Å². The number of anilines is 2. The molecule has 0 radical (unpaired) electrons. The van der Waals surface area contributed by atoms with E-state index in [0.29, 0.717) is 29.3 Å². The first-order valence-electron chi connectivity index (χ1n) is 14.1. The Labute approximate surface area is 243 Å². The number of nitrogens with one attached hydrogen (secondary N) is 1. The van der Waals surface area contributed by atoms with Crippen molar-refractivity contribution in [1.29, 1.82) is 0 Å². The van der Waals surface area contributed by atoms with Crippen LogP contribution in [0.4, 0.5) is 15.9 Å². The highest BCUT2D eigenvalue weighted by Gasteiger charge is 2.39. The molecule has 0 spiro atoms. The van der Waals surface area contributed by atoms with Crippen molar-refractivity contribution in [3.05, 3.63) is 91.4 Å². The molecule has 0 saturated heterocycles. The fourth-order valence-electron chi connectivity index (χ4n) is 5.81. The number of thiophene rings is 1. The van der Waals surface area contributed by atoms with E-state index in [9.17, 15) is 9.59 Å². The lowest BCUT2D eigenvalue weighted by molar-refractivity contribution is 0.0995. The second-order valence-corrected chi connectivity index (χ2v) is 12.7. The van der Waals surface area contributed by atoms with E-state index in [2.05, 4.69) is 47.1 Å². The monoisotopic (exact) mass is 571 g/mol. The number of fused-ring (bicyclic) bond motifs is 5. The lowest BCUT2D eigenvalue weighted by Gasteiger charge is -2.21. The lowest BCUT2D eigenvalue weighted by atomic mass is 9.98. The topological polar surface area (TPSA) is 80.1 Å². The fraction of sp³-hybridized carbons (Fsp3) is 0.375. The van der Waals surface area contributed by atoms with Gasteiger partial charge in [-0.15, -0.1) is 11.3 Å². The van der Waals surface area contributed by atoms with Crippen LogP contribution in [0.5, 0.6) is 0 Å². The van der Waals surface area contributed by atoms with Crippen LogP contribution in [0.2, 0.25) is 0 Å². The van der Waals surface area contributed by atoms with E-state index in [0.717, 1.165) is 17.0 Å². The zero-order chi connectivity index (χ0) is 28.8. The van der Waals surface area contributed by atoms with Crippen molar-refractivity contribution in [3.8, 4) is 11.4 Å². The van der Waals surface area contributed by atoms with Crippen LogP contribution in [-0.2, 0) is 20.0 Å². The number of carbonyl (C=O) groups excluding carboxylic acids is 1. The molecule has 41 heavy (non-hydrogen) atoms. The fourth-order valence-corrected chi connectivity index (χ4v) is 7.14. The summed E-state index contributed by atoms with van der Waals surface area (Å²) < 4.78 is 16.4. The summed E-state index contributed by atoms with van der Waals surface area (Å²) in [5.74, 6) is 0.713. The van der Waals surface area contributed by atoms with Crippen molar-refractivity contribution in [2.24, 2.45) is 7.05 Å². The summed E-state index contributed by atoms with van der Waals surface area (Å²) in [7, 11) is 3.67. The molecule has 3 heterocycles. The van der Waals surface area contributed by atoms with Crippen LogP contribution < -0.4 is 10.9 Å². The normalized spacial score (nSPS) is 17.4. The molecule has 2 aliphatic rings. The highest BCUT2D eigenvalue weighted by molar-refractivity contribution is 7.14. The molecule has 3 aromatic heterocycles. The molecule has 1 N–H and O–H groups in total. The molecular weight excluding hydrogens is 537 g/mol. The summed E-state index contributed by atoms with van der Waals surface area (Å²) >= 11 is 1.61. The molecule has 9 heteroatoms. The van der Waals surface area contributed by atoms with Gasteiger partial charge in [-0.1, -0.05) is 12.1 Å². The number of rotatable bonds is 9. The minimum Gasteiger partial charge on any atom is -0.336 e. The molecule has 1 saturated carbocycles. The quantitative estimate of drug-likeness (QED) is 0.234. The molecule has 7 nitrogen and oxygen atoms in total. The van der Waals surface area contributed by atoms with E-state index < -0.39 is 5.82 Å². The van der Waals surface area contributed by atoms with E-state index in [4.69, 9.17) is 0 Å². The molecular formula is C32H34FN5O2S. The predicted molar refractivity (Wildman–Crippen MR) is 161 cm³/mol. The van der Waals surface area contributed by atoms with Crippen molar-refractivity contribution < 1.29 is 9.18 Å². The molecule has 1 aromatic carbocycles. The lowest BCUT2D eigenvalue weighted by Crippen LogP contribution is -2.25. The molecule has 2 atom stereocenters. The SMILES string of the molecule is CC(C)N(C)Cc1ccc(Nc2nc(-c3nc(CC(=O)c4cc5c(s4)C4CCC5C4)ccc3F)cn(C)c2=O)cc1. The van der Waals surface area contributed by atoms with Gasteiger partial charge in [0.15, 0.2) is 17.4 Å². The molecule has 2 unspecified atom stereocenters. The van der Waals surface area contributed by atoms with Crippen molar-refractivity contribution in [3.63, 3.8) is 0 Å². The summed E-state index contributed by atoms with van der Waals surface area (Å²) in [6.07, 6.45) is 5.21. The number of aromatic nitrogens is 3. The van der Waals surface area contributed by atoms with Gasteiger partial charge in [-0.25, -0.2) is 14.4 Å². The molecule has 212 valence electrons. The van der Waals surface area contributed by atoms with Gasteiger partial charge in [-0.05, 0) is 93.5 Å². The number of ketones is 1. The van der Waals surface area contributed by atoms with Gasteiger partial charge < -0.3 is 9.88 Å². The van der Waals surface area contributed by atoms with E-state index in [1.807, 2.05) is 24.3 Å². The van der Waals surface area contributed by atoms with Gasteiger partial charge in [0, 0.05) is 42.1 Å². The minimum atomic E-state index is -0.566. The number of halogens is 1. The predicted octanol–water partition coefficient (Wildman–Crippen LogP) is 6.42. The van der Waals surface area contributed by atoms with Crippen molar-refractivity contribution in [2.45, 2.75) is 64.0 Å². The maximum absolute atomic E-state index is 15.0. The van der Waals surface area contributed by atoms with Crippen LogP contribution in [0.3, 0.4) is 0 Å². The zero-order valence-electron chi connectivity index (χ0n) is 23.8. The first-order chi connectivity index (χ1) is 19.7. The second-order valence-electron chi connectivity index (χ2n) is 11.6. The average molecular weight is 572 g/mol. The number of Topliss-reactive ketones (excluding diaryl/α,β-unsaturated/α-hetero) is 1. The average Bonchev–Trinajstić information content (AvgIpc) is 3.68. The Kier molecular flexibility index (Phi) is 7.34. The van der Waals surface area contributed by atoms with Crippen LogP contribution in [-0.4, -0.2) is 38.3 Å². The Morgan fingerprint density at radius 2 is 1.90 bits per heavy atom.